The zero-order valence-electron chi connectivity index (χ0n) is 32.6. The van der Waals surface area contributed by atoms with E-state index in [0.717, 1.165) is 41.7 Å². The number of amides is 4. The molecule has 0 spiro atoms. The van der Waals surface area contributed by atoms with Crippen LogP contribution in [0.5, 0.6) is 5.75 Å². The van der Waals surface area contributed by atoms with Gasteiger partial charge in [0.25, 0.3) is 11.8 Å². The van der Waals surface area contributed by atoms with Crippen molar-refractivity contribution in [2.24, 2.45) is 0 Å². The molecule has 2 saturated heterocycles. The zero-order valence-corrected chi connectivity index (χ0v) is 32.6. The van der Waals surface area contributed by atoms with Crippen LogP contribution in [0.25, 0.3) is 0 Å². The molecule has 1 atom stereocenters. The van der Waals surface area contributed by atoms with E-state index in [1.807, 2.05) is 45.0 Å². The lowest BCUT2D eigenvalue weighted by molar-refractivity contribution is -0.138. The molecule has 16 heteroatoms. The average molecular weight is 799 g/mol. The first-order chi connectivity index (χ1) is 27.7. The summed E-state index contributed by atoms with van der Waals surface area (Å²) >= 11 is 0. The predicted octanol–water partition coefficient (Wildman–Crippen LogP) is 6.13. The molecule has 2 fully saturated rings. The Morgan fingerprint density at radius 3 is 2.43 bits per heavy atom. The Labute approximate surface area is 333 Å². The lowest BCUT2D eigenvalue weighted by Crippen LogP contribution is -2.52. The molecule has 4 aromatic rings. The Hall–Kier alpha value is -6.16. The maximum Gasteiger partial charge on any atom is 0.419 e. The molecule has 4 heterocycles. The number of aromatic nitrogens is 1. The number of fused-ring (bicyclic) bond motifs is 1. The van der Waals surface area contributed by atoms with Gasteiger partial charge in [-0.3, -0.25) is 29.4 Å². The number of ether oxygens (including phenoxy) is 1. The zero-order chi connectivity index (χ0) is 41.3. The number of alkyl halides is 3. The molecule has 13 nitrogen and oxygen atoms in total. The van der Waals surface area contributed by atoms with Gasteiger partial charge in [-0.1, -0.05) is 24.3 Å². The Bertz CT molecular complexity index is 2260. The molecule has 4 N–H and O–H groups in total. The van der Waals surface area contributed by atoms with Crippen LogP contribution in [0.4, 0.5) is 41.7 Å². The minimum atomic E-state index is -4.72. The third kappa shape index (κ3) is 8.42. The maximum atomic E-state index is 14.2. The number of imide groups is 1. The molecular weight excluding hydrogens is 754 g/mol. The summed E-state index contributed by atoms with van der Waals surface area (Å²) in [6.45, 7) is 9.59. The third-order valence-electron chi connectivity index (χ3n) is 10.6. The summed E-state index contributed by atoms with van der Waals surface area (Å²) in [4.78, 5) is 60.4. The third-order valence-corrected chi connectivity index (χ3v) is 10.6. The van der Waals surface area contributed by atoms with Gasteiger partial charge in [-0.2, -0.15) is 13.2 Å². The van der Waals surface area contributed by atoms with Gasteiger partial charge in [0.1, 0.15) is 17.6 Å². The fraction of sp³-hybridized carbons (Fsp3) is 0.357. The number of piperidine rings is 1. The molecule has 3 aliphatic rings. The molecule has 0 radical (unpaired) electrons. The van der Waals surface area contributed by atoms with Crippen molar-refractivity contribution in [1.82, 2.24) is 25.4 Å². The molecule has 4 amide bonds. The monoisotopic (exact) mass is 798 g/mol. The van der Waals surface area contributed by atoms with Crippen molar-refractivity contribution in [2.45, 2.75) is 65.0 Å². The molecule has 7 rings (SSSR count). The van der Waals surface area contributed by atoms with E-state index in [4.69, 9.17) is 4.74 Å². The van der Waals surface area contributed by atoms with Crippen molar-refractivity contribution in [3.8, 4) is 5.75 Å². The van der Waals surface area contributed by atoms with E-state index in [2.05, 4.69) is 36.1 Å². The van der Waals surface area contributed by atoms with Crippen molar-refractivity contribution in [3.05, 3.63) is 100 Å². The van der Waals surface area contributed by atoms with Crippen LogP contribution in [0.2, 0.25) is 0 Å². The summed E-state index contributed by atoms with van der Waals surface area (Å²) in [6, 6.07) is 16.4. The lowest BCUT2D eigenvalue weighted by Gasteiger charge is -2.37. The number of benzene rings is 3. The van der Waals surface area contributed by atoms with Gasteiger partial charge in [-0.05, 0) is 68.1 Å². The van der Waals surface area contributed by atoms with Crippen molar-refractivity contribution in [2.75, 3.05) is 48.8 Å². The summed E-state index contributed by atoms with van der Waals surface area (Å²) in [6.07, 6.45) is -3.67. The number of rotatable bonds is 11. The molecule has 0 bridgehead atoms. The average Bonchev–Trinajstić information content (AvgIpc) is 3.52. The van der Waals surface area contributed by atoms with Gasteiger partial charge < -0.3 is 30.5 Å². The summed E-state index contributed by atoms with van der Waals surface area (Å²) in [7, 11) is 1.45. The predicted molar refractivity (Wildman–Crippen MR) is 213 cm³/mol. The molecule has 1 unspecified atom stereocenters. The highest BCUT2D eigenvalue weighted by atomic mass is 19.4. The van der Waals surface area contributed by atoms with Gasteiger partial charge in [0.05, 0.1) is 34.3 Å². The standard InChI is InChI=1S/C42H45F3N8O5/c1-24(2)58-36-20-35(25(3)18-33(36)49-37-19-32(30(21-47-37)42(43,44)45)48-31-11-6-5-9-28(31)39(55)46-4)52-16-14-51(15-17-52)22-26-8-7-10-27-29(26)23-53(41(27)57)34-12-13-38(54)50-40(34)56/h5-11,18-21,24,34H,12-17,22-23H2,1-4H3,(H,46,55)(H2,47,48,49)(H,50,54,56). The van der Waals surface area contributed by atoms with Crippen molar-refractivity contribution >= 4 is 52.2 Å². The number of halogens is 3. The summed E-state index contributed by atoms with van der Waals surface area (Å²) in [5.74, 6) is -0.761. The number of aryl methyl sites for hydroxylation is 1. The number of carbonyl (C=O) groups is 4. The van der Waals surface area contributed by atoms with Gasteiger partial charge in [0.15, 0.2) is 0 Å². The quantitative estimate of drug-likeness (QED) is 0.131. The molecular formula is C42H45F3N8O5. The molecule has 304 valence electrons. The van der Waals surface area contributed by atoms with E-state index in [9.17, 15) is 32.3 Å². The fourth-order valence-corrected chi connectivity index (χ4v) is 7.71. The molecule has 1 aromatic heterocycles. The van der Waals surface area contributed by atoms with Crippen LogP contribution in [-0.4, -0.2) is 83.8 Å². The Balaban J connectivity index is 1.07. The first kappa shape index (κ1) is 40.1. The Morgan fingerprint density at radius 1 is 0.966 bits per heavy atom. The van der Waals surface area contributed by atoms with Crippen molar-refractivity contribution in [3.63, 3.8) is 0 Å². The number of para-hydroxylation sites is 1. The number of carbonyl (C=O) groups excluding carboxylic acids is 4. The summed E-state index contributed by atoms with van der Waals surface area (Å²) in [5.41, 5.74) is 4.04. The van der Waals surface area contributed by atoms with Gasteiger partial charge in [0.2, 0.25) is 11.8 Å². The topological polar surface area (TPSA) is 148 Å². The van der Waals surface area contributed by atoms with Crippen LogP contribution < -0.4 is 30.9 Å². The van der Waals surface area contributed by atoms with E-state index in [-0.39, 0.29) is 47.1 Å². The molecule has 3 aliphatic heterocycles. The number of hydrogen-bond donors (Lipinski definition) is 4. The highest BCUT2D eigenvalue weighted by molar-refractivity contribution is 6.05. The van der Waals surface area contributed by atoms with E-state index >= 15 is 0 Å². The van der Waals surface area contributed by atoms with Gasteiger partial charge in [-0.15, -0.1) is 0 Å². The van der Waals surface area contributed by atoms with Gasteiger partial charge in [0, 0.05) is 82.3 Å². The molecule has 0 saturated carbocycles. The fourth-order valence-electron chi connectivity index (χ4n) is 7.71. The normalized spacial score (nSPS) is 17.3. The second kappa shape index (κ2) is 16.4. The lowest BCUT2D eigenvalue weighted by atomic mass is 10.0. The molecule has 3 aromatic carbocycles. The Kier molecular flexibility index (Phi) is 11.3. The molecule has 58 heavy (non-hydrogen) atoms. The minimum absolute atomic E-state index is 0.136. The number of hydrogen-bond acceptors (Lipinski definition) is 10. The van der Waals surface area contributed by atoms with Crippen LogP contribution in [0.3, 0.4) is 0 Å². The van der Waals surface area contributed by atoms with Crippen LogP contribution in [0.1, 0.15) is 69.7 Å². The highest BCUT2D eigenvalue weighted by Crippen LogP contribution is 2.40. The van der Waals surface area contributed by atoms with Gasteiger partial charge in [-0.25, -0.2) is 4.98 Å². The van der Waals surface area contributed by atoms with E-state index in [1.165, 1.54) is 25.2 Å². The first-order valence-corrected chi connectivity index (χ1v) is 19.2. The second-order valence-corrected chi connectivity index (χ2v) is 14.9. The van der Waals surface area contributed by atoms with E-state index < -0.39 is 29.6 Å². The van der Waals surface area contributed by atoms with E-state index in [0.29, 0.717) is 49.6 Å². The summed E-state index contributed by atoms with van der Waals surface area (Å²) < 4.78 is 48.8. The molecule has 0 aliphatic carbocycles. The number of pyridine rings is 1. The van der Waals surface area contributed by atoms with E-state index in [1.54, 1.807) is 23.1 Å². The second-order valence-electron chi connectivity index (χ2n) is 14.9. The SMILES string of the molecule is CNC(=O)c1ccccc1Nc1cc(Nc2cc(C)c(N3CCN(Cc4cccc5c4CN(C4CCC(=O)NC4=O)C5=O)CC3)cc2OC(C)C)ncc1C(F)(F)F. The van der Waals surface area contributed by atoms with Crippen molar-refractivity contribution in [1.29, 1.82) is 0 Å². The van der Waals surface area contributed by atoms with Crippen LogP contribution in [0, 0.1) is 6.92 Å². The first-order valence-electron chi connectivity index (χ1n) is 19.2. The van der Waals surface area contributed by atoms with Crippen LogP contribution in [0.15, 0.2) is 66.9 Å². The smallest absolute Gasteiger partial charge is 0.419 e. The highest BCUT2D eigenvalue weighted by Gasteiger charge is 2.40. The maximum absolute atomic E-state index is 14.2. The number of nitrogens with one attached hydrogen (secondary N) is 4. The number of piperazine rings is 1. The summed E-state index contributed by atoms with van der Waals surface area (Å²) in [5, 5.41) is 10.8. The Morgan fingerprint density at radius 2 is 1.72 bits per heavy atom. The largest absolute Gasteiger partial charge is 0.489 e. The van der Waals surface area contributed by atoms with Gasteiger partial charge >= 0.3 is 6.18 Å². The van der Waals surface area contributed by atoms with Crippen LogP contribution in [-0.2, 0) is 28.9 Å². The number of anilines is 5. The van der Waals surface area contributed by atoms with Crippen molar-refractivity contribution < 1.29 is 37.1 Å². The van der Waals surface area contributed by atoms with Crippen LogP contribution >= 0.6 is 0 Å². The minimum Gasteiger partial charge on any atom is -0.489 e. The number of nitrogens with zero attached hydrogens (tertiary/aromatic N) is 4.